The van der Waals surface area contributed by atoms with Gasteiger partial charge in [-0.15, -0.1) is 0 Å². The zero-order chi connectivity index (χ0) is 23.9. The van der Waals surface area contributed by atoms with Gasteiger partial charge in [0.2, 0.25) is 0 Å². The van der Waals surface area contributed by atoms with Crippen LogP contribution in [0, 0.1) is 0 Å². The van der Waals surface area contributed by atoms with Gasteiger partial charge in [-0.25, -0.2) is 8.42 Å². The number of sulfonamides is 1. The number of carbonyl (C=O) groups is 1. The van der Waals surface area contributed by atoms with E-state index in [1.807, 2.05) is 0 Å². The minimum Gasteiger partial charge on any atom is -0.428 e. The summed E-state index contributed by atoms with van der Waals surface area (Å²) in [5.41, 5.74) is 0.265. The van der Waals surface area contributed by atoms with Crippen LogP contribution in [0.15, 0.2) is 77.7 Å². The van der Waals surface area contributed by atoms with Crippen molar-refractivity contribution in [1.29, 1.82) is 0 Å². The molecule has 3 aromatic carbocycles. The lowest BCUT2D eigenvalue weighted by molar-refractivity contribution is -0.0953. The van der Waals surface area contributed by atoms with Crippen molar-refractivity contribution < 1.29 is 22.7 Å². The first-order valence-corrected chi connectivity index (χ1v) is 12.2. The molecule has 7 nitrogen and oxygen atoms in total. The van der Waals surface area contributed by atoms with Crippen molar-refractivity contribution in [2.75, 3.05) is 4.72 Å². The number of fused-ring (bicyclic) bond motifs is 1. The number of benzene rings is 3. The second kappa shape index (κ2) is 8.77. The van der Waals surface area contributed by atoms with Crippen LogP contribution < -0.4 is 19.5 Å². The molecule has 1 heterocycles. The highest BCUT2D eigenvalue weighted by molar-refractivity contribution is 7.92. The van der Waals surface area contributed by atoms with E-state index in [4.69, 9.17) is 55.9 Å². The Labute approximate surface area is 209 Å². The molecule has 172 valence electrons. The standard InChI is InChI=1S/C21H14Cl4N2O5S/c22-14-8-10-15(11-9-14)27-33(29,30)16-5-3-4-13(12-16)19(28)26-21(20(23,24)25)31-17-6-1-2-7-18(17)32-21/h1-12,27H,(H,26,28). The number of para-hydroxylation sites is 2. The second-order valence-electron chi connectivity index (χ2n) is 6.86. The van der Waals surface area contributed by atoms with Crippen LogP contribution >= 0.6 is 46.4 Å². The molecular weight excluding hydrogens is 534 g/mol. The Balaban J connectivity index is 1.59. The molecule has 0 radical (unpaired) electrons. The van der Waals surface area contributed by atoms with E-state index in [0.29, 0.717) is 10.7 Å². The maximum atomic E-state index is 13.0. The Bertz CT molecular complexity index is 1290. The van der Waals surface area contributed by atoms with E-state index >= 15 is 0 Å². The lowest BCUT2D eigenvalue weighted by Gasteiger charge is -2.33. The van der Waals surface area contributed by atoms with E-state index in [1.54, 1.807) is 36.4 Å². The van der Waals surface area contributed by atoms with Crippen molar-refractivity contribution in [2.45, 2.75) is 14.6 Å². The quantitative estimate of drug-likeness (QED) is 0.419. The summed E-state index contributed by atoms with van der Waals surface area (Å²) in [5, 5.41) is 2.88. The first-order chi connectivity index (χ1) is 15.5. The number of carbonyl (C=O) groups excluding carboxylic acids is 1. The van der Waals surface area contributed by atoms with E-state index in [9.17, 15) is 13.2 Å². The number of hydrogen-bond donors (Lipinski definition) is 2. The topological polar surface area (TPSA) is 93.7 Å². The van der Waals surface area contributed by atoms with Crippen LogP contribution in [0.2, 0.25) is 5.02 Å². The van der Waals surface area contributed by atoms with Crippen molar-refractivity contribution in [3.05, 3.63) is 83.4 Å². The Morgan fingerprint density at radius 1 is 0.879 bits per heavy atom. The smallest absolute Gasteiger partial charge is 0.388 e. The molecule has 2 N–H and O–H groups in total. The number of amides is 1. The van der Waals surface area contributed by atoms with Gasteiger partial charge in [0.15, 0.2) is 11.5 Å². The third kappa shape index (κ3) is 4.95. The molecule has 0 aliphatic carbocycles. The Morgan fingerprint density at radius 3 is 2.06 bits per heavy atom. The van der Waals surface area contributed by atoms with Crippen LogP contribution in [-0.4, -0.2) is 24.0 Å². The van der Waals surface area contributed by atoms with Crippen LogP contribution in [0.1, 0.15) is 10.4 Å². The number of alkyl halides is 3. The van der Waals surface area contributed by atoms with Gasteiger partial charge in [-0.1, -0.05) is 64.6 Å². The molecule has 0 fully saturated rings. The fraction of sp³-hybridized carbons (Fsp3) is 0.0952. The third-order valence-corrected chi connectivity index (χ3v) is 6.89. The molecule has 1 aliphatic rings. The fourth-order valence-corrected chi connectivity index (χ4v) is 4.55. The zero-order valence-electron chi connectivity index (χ0n) is 16.4. The fourth-order valence-electron chi connectivity index (χ4n) is 2.95. The molecule has 1 amide bonds. The highest BCUT2D eigenvalue weighted by Crippen LogP contribution is 2.48. The van der Waals surface area contributed by atoms with E-state index in [-0.39, 0.29) is 22.0 Å². The summed E-state index contributed by atoms with van der Waals surface area (Å²) in [5.74, 6) is -2.45. The van der Waals surface area contributed by atoms with Gasteiger partial charge >= 0.3 is 5.91 Å². The average molecular weight is 548 g/mol. The highest BCUT2D eigenvalue weighted by atomic mass is 35.6. The summed E-state index contributed by atoms with van der Waals surface area (Å²) in [6.45, 7) is 0. The number of rotatable bonds is 5. The molecule has 0 bridgehead atoms. The van der Waals surface area contributed by atoms with Crippen molar-refractivity contribution in [2.24, 2.45) is 0 Å². The Hall–Kier alpha value is -2.36. The summed E-state index contributed by atoms with van der Waals surface area (Å²) < 4.78 is 37.0. The van der Waals surface area contributed by atoms with Gasteiger partial charge in [0.05, 0.1) is 4.90 Å². The van der Waals surface area contributed by atoms with Crippen LogP contribution in [0.4, 0.5) is 5.69 Å². The van der Waals surface area contributed by atoms with Crippen molar-refractivity contribution in [3.63, 3.8) is 0 Å². The van der Waals surface area contributed by atoms with Crippen LogP contribution in [0.25, 0.3) is 0 Å². The van der Waals surface area contributed by atoms with E-state index < -0.39 is 25.6 Å². The molecule has 1 aliphatic heterocycles. The normalized spacial score (nSPS) is 14.5. The summed E-state index contributed by atoms with van der Waals surface area (Å²) in [6.07, 6.45) is 0. The predicted molar refractivity (Wildman–Crippen MR) is 127 cm³/mol. The largest absolute Gasteiger partial charge is 0.428 e. The van der Waals surface area contributed by atoms with Crippen LogP contribution in [-0.2, 0) is 10.0 Å². The first-order valence-electron chi connectivity index (χ1n) is 9.24. The van der Waals surface area contributed by atoms with Gasteiger partial charge in [0.1, 0.15) is 0 Å². The summed E-state index contributed by atoms with van der Waals surface area (Å²) in [7, 11) is -4.01. The number of halogens is 4. The molecule has 12 heteroatoms. The minimum atomic E-state index is -4.01. The Morgan fingerprint density at radius 2 is 1.48 bits per heavy atom. The number of nitrogens with one attached hydrogen (secondary N) is 2. The SMILES string of the molecule is O=C(NC1(C(Cl)(Cl)Cl)Oc2ccccc2O1)c1cccc(S(=O)(=O)Nc2ccc(Cl)cc2)c1. The van der Waals surface area contributed by atoms with E-state index in [0.717, 1.165) is 0 Å². The predicted octanol–water partition coefficient (Wildman–Crippen LogP) is 5.37. The van der Waals surface area contributed by atoms with Gasteiger partial charge < -0.3 is 9.47 Å². The van der Waals surface area contributed by atoms with Gasteiger partial charge in [0.25, 0.3) is 19.7 Å². The molecule has 0 aromatic heterocycles. The number of anilines is 1. The van der Waals surface area contributed by atoms with Gasteiger partial charge in [-0.05, 0) is 54.6 Å². The maximum Gasteiger partial charge on any atom is 0.388 e. The summed E-state index contributed by atoms with van der Waals surface area (Å²) >= 11 is 24.0. The van der Waals surface area contributed by atoms with Crippen LogP contribution in [0.3, 0.4) is 0 Å². The van der Waals surface area contributed by atoms with Crippen molar-refractivity contribution in [1.82, 2.24) is 5.32 Å². The van der Waals surface area contributed by atoms with E-state index in [1.165, 1.54) is 36.4 Å². The average Bonchev–Trinajstić information content (AvgIpc) is 3.15. The monoisotopic (exact) mass is 546 g/mol. The minimum absolute atomic E-state index is 0.0363. The zero-order valence-corrected chi connectivity index (χ0v) is 20.2. The molecule has 0 saturated heterocycles. The highest BCUT2D eigenvalue weighted by Gasteiger charge is 2.59. The summed E-state index contributed by atoms with van der Waals surface area (Å²) in [4.78, 5) is 12.8. The second-order valence-corrected chi connectivity index (χ2v) is 11.3. The molecule has 0 unspecified atom stereocenters. The van der Waals surface area contributed by atoms with Crippen molar-refractivity contribution >= 4 is 68.0 Å². The van der Waals surface area contributed by atoms with E-state index in [2.05, 4.69) is 10.0 Å². The molecular formula is C21H14Cl4N2O5S. The van der Waals surface area contributed by atoms with Gasteiger partial charge in [0, 0.05) is 16.3 Å². The molecule has 0 saturated carbocycles. The molecule has 0 atom stereocenters. The Kier molecular flexibility index (Phi) is 6.32. The number of hydrogen-bond acceptors (Lipinski definition) is 5. The van der Waals surface area contributed by atoms with Crippen LogP contribution in [0.5, 0.6) is 11.5 Å². The van der Waals surface area contributed by atoms with Gasteiger partial charge in [-0.2, -0.15) is 0 Å². The molecule has 0 spiro atoms. The maximum absolute atomic E-state index is 13.0. The lowest BCUT2D eigenvalue weighted by Crippen LogP contribution is -2.63. The summed E-state index contributed by atoms with van der Waals surface area (Å²) in [6, 6.07) is 17.9. The van der Waals surface area contributed by atoms with Gasteiger partial charge in [-0.3, -0.25) is 14.8 Å². The number of ether oxygens (including phenoxy) is 2. The molecule has 33 heavy (non-hydrogen) atoms. The van der Waals surface area contributed by atoms with Crippen molar-refractivity contribution in [3.8, 4) is 11.5 Å². The molecule has 4 rings (SSSR count). The first kappa shape index (κ1) is 23.8. The third-order valence-electron chi connectivity index (χ3n) is 4.51. The molecule has 3 aromatic rings. The lowest BCUT2D eigenvalue weighted by atomic mass is 10.2.